The molecule has 11 heteroatoms. The minimum atomic E-state index is -1.67. The molecule has 0 aliphatic carbocycles. The van der Waals surface area contributed by atoms with E-state index >= 15 is 0 Å². The summed E-state index contributed by atoms with van der Waals surface area (Å²) in [6.07, 6.45) is 71.5. The van der Waals surface area contributed by atoms with Gasteiger partial charge in [0.25, 0.3) is 0 Å². The second-order valence-electron chi connectivity index (χ2n) is 27.1. The summed E-state index contributed by atoms with van der Waals surface area (Å²) in [5.74, 6) is -0.702. The van der Waals surface area contributed by atoms with Crippen molar-refractivity contribution in [3.8, 4) is 0 Å². The number of hydrogen-bond donors (Lipinski definition) is 8. The third-order valence-corrected chi connectivity index (χ3v) is 18.7. The van der Waals surface area contributed by atoms with Crippen LogP contribution in [0.5, 0.6) is 0 Å². The molecule has 0 aromatic carbocycles. The van der Waals surface area contributed by atoms with Crippen LogP contribution < -0.4 is 5.32 Å². The molecule has 516 valence electrons. The van der Waals surface area contributed by atoms with Crippen molar-refractivity contribution in [2.75, 3.05) is 13.2 Å². The monoisotopic (exact) mass is 1230 g/mol. The van der Waals surface area contributed by atoms with Crippen molar-refractivity contribution < 1.29 is 50.0 Å². The van der Waals surface area contributed by atoms with Crippen LogP contribution in [0.3, 0.4) is 0 Å². The van der Waals surface area contributed by atoms with Gasteiger partial charge in [0.15, 0.2) is 6.29 Å². The summed E-state index contributed by atoms with van der Waals surface area (Å²) in [6.45, 7) is 3.51. The molecule has 1 aliphatic rings. The van der Waals surface area contributed by atoms with E-state index in [0.29, 0.717) is 19.3 Å². The van der Waals surface area contributed by atoms with E-state index in [1.54, 1.807) is 0 Å². The van der Waals surface area contributed by atoms with Crippen molar-refractivity contribution in [3.63, 3.8) is 0 Å². The zero-order valence-corrected chi connectivity index (χ0v) is 57.3. The molecule has 11 nitrogen and oxygen atoms in total. The zero-order chi connectivity index (χ0) is 63.1. The number of amides is 1. The first-order valence-electron chi connectivity index (χ1n) is 38.2. The van der Waals surface area contributed by atoms with Gasteiger partial charge in [-0.05, 0) is 51.4 Å². The minimum absolute atomic E-state index is 0.250. The average Bonchev–Trinajstić information content (AvgIpc) is 1.82. The Kier molecular flexibility index (Phi) is 62.2. The maximum absolute atomic E-state index is 13.3. The van der Waals surface area contributed by atoms with Crippen LogP contribution in [0.4, 0.5) is 0 Å². The predicted octanol–water partition coefficient (Wildman–Crippen LogP) is 19.1. The molecule has 1 fully saturated rings. The normalized spacial score (nSPS) is 18.7. The molecule has 1 saturated heterocycles. The van der Waals surface area contributed by atoms with E-state index < -0.39 is 74.2 Å². The molecule has 0 radical (unpaired) electrons. The highest BCUT2D eigenvalue weighted by atomic mass is 16.7. The Balaban J connectivity index is 2.18. The Bertz CT molecular complexity index is 1460. The van der Waals surface area contributed by atoms with E-state index in [1.807, 2.05) is 0 Å². The van der Waals surface area contributed by atoms with Crippen LogP contribution in [0.25, 0.3) is 0 Å². The van der Waals surface area contributed by atoms with E-state index in [2.05, 4.69) is 43.5 Å². The van der Waals surface area contributed by atoms with Crippen molar-refractivity contribution in [1.82, 2.24) is 5.32 Å². The number of aliphatic hydroxyl groups is 7. The van der Waals surface area contributed by atoms with Gasteiger partial charge in [0.1, 0.15) is 36.6 Å². The third kappa shape index (κ3) is 51.8. The number of unbranched alkanes of at least 4 members (excludes halogenated alkanes) is 52. The second-order valence-corrected chi connectivity index (χ2v) is 27.1. The minimum Gasteiger partial charge on any atom is -0.394 e. The number of carbonyl (C=O) groups is 1. The maximum atomic E-state index is 13.3. The number of carbonyl (C=O) groups excluding carboxylic acids is 1. The maximum Gasteiger partial charge on any atom is 0.249 e. The lowest BCUT2D eigenvalue weighted by atomic mass is 9.98. The van der Waals surface area contributed by atoms with Gasteiger partial charge in [-0.2, -0.15) is 0 Å². The van der Waals surface area contributed by atoms with Crippen molar-refractivity contribution in [2.24, 2.45) is 0 Å². The van der Waals surface area contributed by atoms with Crippen LogP contribution in [0, 0.1) is 0 Å². The molecule has 0 spiro atoms. The Labute approximate surface area is 537 Å². The lowest BCUT2D eigenvalue weighted by Gasteiger charge is -2.40. The van der Waals surface area contributed by atoms with Crippen molar-refractivity contribution in [3.05, 3.63) is 24.3 Å². The Morgan fingerprint density at radius 3 is 1.02 bits per heavy atom. The van der Waals surface area contributed by atoms with Crippen LogP contribution in [-0.4, -0.2) is 110 Å². The summed E-state index contributed by atoms with van der Waals surface area (Å²) in [4.78, 5) is 13.3. The molecule has 87 heavy (non-hydrogen) atoms. The molecule has 8 N–H and O–H groups in total. The Hall–Kier alpha value is -1.41. The highest BCUT2D eigenvalue weighted by Crippen LogP contribution is 2.24. The summed E-state index contributed by atoms with van der Waals surface area (Å²) >= 11 is 0. The summed E-state index contributed by atoms with van der Waals surface area (Å²) < 4.78 is 11.2. The van der Waals surface area contributed by atoms with Gasteiger partial charge in [-0.1, -0.05) is 359 Å². The fourth-order valence-corrected chi connectivity index (χ4v) is 12.6. The van der Waals surface area contributed by atoms with Crippen LogP contribution in [-0.2, 0) is 14.3 Å². The molecule has 1 aliphatic heterocycles. The first kappa shape index (κ1) is 83.6. The molecular weight excluding hydrogens is 1090 g/mol. The molecule has 1 amide bonds. The molecule has 0 aromatic rings. The van der Waals surface area contributed by atoms with E-state index in [-0.39, 0.29) is 12.8 Å². The van der Waals surface area contributed by atoms with Crippen LogP contribution in [0.2, 0.25) is 0 Å². The molecule has 0 aromatic heterocycles. The van der Waals surface area contributed by atoms with Gasteiger partial charge in [-0.25, -0.2) is 0 Å². The number of allylic oxidation sites excluding steroid dienone is 4. The van der Waals surface area contributed by atoms with Crippen molar-refractivity contribution in [2.45, 2.75) is 441 Å². The lowest BCUT2D eigenvalue weighted by molar-refractivity contribution is -0.303. The molecule has 9 unspecified atom stereocenters. The van der Waals surface area contributed by atoms with Gasteiger partial charge in [-0.3, -0.25) is 4.79 Å². The second kappa shape index (κ2) is 64.7. The fourth-order valence-electron chi connectivity index (χ4n) is 12.6. The van der Waals surface area contributed by atoms with Crippen molar-refractivity contribution in [1.29, 1.82) is 0 Å². The number of nitrogens with one attached hydrogen (secondary N) is 1. The smallest absolute Gasteiger partial charge is 0.249 e. The first-order valence-corrected chi connectivity index (χ1v) is 38.2. The highest BCUT2D eigenvalue weighted by molar-refractivity contribution is 5.80. The highest BCUT2D eigenvalue weighted by Gasteiger charge is 2.44. The summed E-state index contributed by atoms with van der Waals surface area (Å²) in [5, 5.41) is 76.6. The fraction of sp³-hybridized carbons (Fsp3) is 0.934. The molecule has 1 heterocycles. The zero-order valence-electron chi connectivity index (χ0n) is 57.3. The van der Waals surface area contributed by atoms with Gasteiger partial charge in [0, 0.05) is 0 Å². The average molecular weight is 1240 g/mol. The van der Waals surface area contributed by atoms with Gasteiger partial charge < -0.3 is 50.5 Å². The lowest BCUT2D eigenvalue weighted by Crippen LogP contribution is -2.60. The number of ether oxygens (including phenoxy) is 2. The number of aliphatic hydroxyl groups excluding tert-OH is 7. The summed E-state index contributed by atoms with van der Waals surface area (Å²) in [7, 11) is 0. The van der Waals surface area contributed by atoms with Crippen LogP contribution >= 0.6 is 0 Å². The van der Waals surface area contributed by atoms with Gasteiger partial charge in [-0.15, -0.1) is 0 Å². The SMILES string of the molecule is CCCCCCCCCCCCCCCCCCCCCCC/C=C/CC/C=C/CCCC(O)C(O)C(COC1OC(CO)C(O)C(O)C1O)NC(=O)C(O)CCCCCCCCCCCCCCCCCCCCCCCCCCCCCCCC. The largest absolute Gasteiger partial charge is 0.394 e. The summed E-state index contributed by atoms with van der Waals surface area (Å²) in [6, 6.07) is -1.19. The predicted molar refractivity (Wildman–Crippen MR) is 367 cm³/mol. The van der Waals surface area contributed by atoms with E-state index in [0.717, 1.165) is 38.5 Å². The molecule has 1 rings (SSSR count). The summed E-state index contributed by atoms with van der Waals surface area (Å²) in [5.41, 5.74) is 0. The Morgan fingerprint density at radius 2 is 0.690 bits per heavy atom. The van der Waals surface area contributed by atoms with Gasteiger partial charge in [0.05, 0.1) is 25.4 Å². The first-order chi connectivity index (χ1) is 42.7. The van der Waals surface area contributed by atoms with E-state index in [1.165, 1.54) is 302 Å². The number of hydrogen-bond acceptors (Lipinski definition) is 10. The quantitative estimate of drug-likeness (QED) is 0.0215. The Morgan fingerprint density at radius 1 is 0.391 bits per heavy atom. The van der Waals surface area contributed by atoms with E-state index in [9.17, 15) is 40.5 Å². The molecular formula is C76H147NO10. The third-order valence-electron chi connectivity index (χ3n) is 18.7. The van der Waals surface area contributed by atoms with Gasteiger partial charge >= 0.3 is 0 Å². The van der Waals surface area contributed by atoms with E-state index in [4.69, 9.17) is 9.47 Å². The topological polar surface area (TPSA) is 189 Å². The van der Waals surface area contributed by atoms with Crippen molar-refractivity contribution >= 4 is 5.91 Å². The van der Waals surface area contributed by atoms with Gasteiger partial charge in [0.2, 0.25) is 5.91 Å². The van der Waals surface area contributed by atoms with Crippen LogP contribution in [0.15, 0.2) is 24.3 Å². The number of rotatable bonds is 68. The standard InChI is InChI=1S/C76H147NO10/c1-3-5-7-9-11-13-15-17-19-21-23-25-27-29-31-33-35-37-39-41-43-45-47-49-51-53-55-57-59-61-63-68(79)71(81)67(66-86-76-74(84)73(83)72(82)70(65-78)87-76)77-75(85)69(80)64-62-60-58-56-54-52-50-48-46-44-42-40-38-36-34-32-30-28-26-24-22-20-18-16-14-12-10-8-6-4-2/h47,49,55,57,67-74,76,78-84H,3-46,48,50-54,56,58-66H2,1-2H3,(H,77,85)/b49-47+,57-55+. The molecule has 0 saturated carbocycles. The molecule has 0 bridgehead atoms. The van der Waals surface area contributed by atoms with Crippen LogP contribution in [0.1, 0.15) is 386 Å². The molecule has 9 atom stereocenters.